The zero-order chi connectivity index (χ0) is 12.2. The molecule has 88 valence electrons. The van der Waals surface area contributed by atoms with Gasteiger partial charge >= 0.3 is 0 Å². The van der Waals surface area contributed by atoms with Gasteiger partial charge in [0, 0.05) is 11.9 Å². The van der Waals surface area contributed by atoms with Crippen molar-refractivity contribution in [2.24, 2.45) is 11.1 Å². The van der Waals surface area contributed by atoms with E-state index in [-0.39, 0.29) is 17.7 Å². The van der Waals surface area contributed by atoms with Crippen molar-refractivity contribution in [1.82, 2.24) is 4.98 Å². The predicted octanol–water partition coefficient (Wildman–Crippen LogP) is 2.09. The molecular formula is C13H20N2O. The molecule has 1 amide bonds. The topological polar surface area (TPSA) is 56.0 Å². The molecule has 0 aromatic carbocycles. The van der Waals surface area contributed by atoms with Crippen molar-refractivity contribution >= 4 is 5.91 Å². The fourth-order valence-corrected chi connectivity index (χ4v) is 1.48. The van der Waals surface area contributed by atoms with E-state index < -0.39 is 0 Å². The molecule has 1 aromatic heterocycles. The minimum absolute atomic E-state index is 0.268. The molecule has 0 saturated carbocycles. The van der Waals surface area contributed by atoms with Crippen LogP contribution in [0.25, 0.3) is 0 Å². The van der Waals surface area contributed by atoms with Crippen molar-refractivity contribution < 1.29 is 4.79 Å². The Morgan fingerprint density at radius 3 is 2.56 bits per heavy atom. The summed E-state index contributed by atoms with van der Waals surface area (Å²) in [5.74, 6) is -0.316. The number of amides is 1. The first kappa shape index (κ1) is 12.7. The zero-order valence-corrected chi connectivity index (χ0v) is 10.3. The molecule has 3 nitrogen and oxygen atoms in total. The Kier molecular flexibility index (Phi) is 4.05. The predicted molar refractivity (Wildman–Crippen MR) is 64.9 cm³/mol. The first-order valence-electron chi connectivity index (χ1n) is 5.65. The highest BCUT2D eigenvalue weighted by atomic mass is 16.1. The van der Waals surface area contributed by atoms with Gasteiger partial charge in [-0.05, 0) is 23.5 Å². The second kappa shape index (κ2) is 5.10. The van der Waals surface area contributed by atoms with Gasteiger partial charge in [-0.25, -0.2) is 0 Å². The molecule has 2 N–H and O–H groups in total. The summed E-state index contributed by atoms with van der Waals surface area (Å²) in [5, 5.41) is 0. The van der Waals surface area contributed by atoms with Crippen molar-refractivity contribution in [2.75, 3.05) is 0 Å². The van der Waals surface area contributed by atoms with Crippen LogP contribution in [0.4, 0.5) is 0 Å². The molecule has 1 aromatic rings. The van der Waals surface area contributed by atoms with Crippen LogP contribution in [0.5, 0.6) is 0 Å². The number of rotatable bonds is 5. The van der Waals surface area contributed by atoms with Gasteiger partial charge in [0.2, 0.25) is 5.91 Å². The molecule has 0 aliphatic rings. The van der Waals surface area contributed by atoms with Crippen LogP contribution in [0.1, 0.15) is 38.4 Å². The summed E-state index contributed by atoms with van der Waals surface area (Å²) in [5.41, 5.74) is 7.34. The summed E-state index contributed by atoms with van der Waals surface area (Å²) < 4.78 is 0. The van der Waals surface area contributed by atoms with Crippen LogP contribution >= 0.6 is 0 Å². The maximum Gasteiger partial charge on any atom is 0.221 e. The average molecular weight is 220 g/mol. The number of nitrogens with zero attached hydrogens (tertiary/aromatic N) is 1. The third kappa shape index (κ3) is 4.01. The Hall–Kier alpha value is -1.38. The summed E-state index contributed by atoms with van der Waals surface area (Å²) in [6.07, 6.45) is 4.09. The first-order valence-corrected chi connectivity index (χ1v) is 5.65. The maximum atomic E-state index is 10.7. The van der Waals surface area contributed by atoms with Crippen molar-refractivity contribution in [3.8, 4) is 0 Å². The zero-order valence-electron chi connectivity index (χ0n) is 10.3. The number of pyridine rings is 1. The molecule has 16 heavy (non-hydrogen) atoms. The number of nitrogens with two attached hydrogens (primary N) is 1. The van der Waals surface area contributed by atoms with Crippen LogP contribution in [-0.2, 0) is 17.6 Å². The molecule has 0 atom stereocenters. The summed E-state index contributed by atoms with van der Waals surface area (Å²) in [6.45, 7) is 6.64. The molecule has 1 rings (SSSR count). The van der Waals surface area contributed by atoms with Gasteiger partial charge in [-0.3, -0.25) is 9.78 Å². The van der Waals surface area contributed by atoms with E-state index >= 15 is 0 Å². The quantitative estimate of drug-likeness (QED) is 0.826. The van der Waals surface area contributed by atoms with Gasteiger partial charge in [-0.2, -0.15) is 0 Å². The molecule has 0 spiro atoms. The fourth-order valence-electron chi connectivity index (χ4n) is 1.48. The van der Waals surface area contributed by atoms with Crippen LogP contribution in [0, 0.1) is 5.41 Å². The van der Waals surface area contributed by atoms with Crippen LogP contribution in [-0.4, -0.2) is 10.9 Å². The lowest BCUT2D eigenvalue weighted by atomic mass is 9.85. The van der Waals surface area contributed by atoms with Gasteiger partial charge < -0.3 is 5.73 Å². The molecule has 0 saturated heterocycles. The van der Waals surface area contributed by atoms with E-state index in [1.54, 1.807) is 6.20 Å². The molecule has 0 aliphatic heterocycles. The summed E-state index contributed by atoms with van der Waals surface area (Å²) in [6, 6.07) is 3.91. The average Bonchev–Trinajstić information content (AvgIpc) is 2.20. The van der Waals surface area contributed by atoms with Gasteiger partial charge in [0.05, 0.1) is 6.42 Å². The number of aromatic nitrogens is 1. The third-order valence-electron chi connectivity index (χ3n) is 2.88. The van der Waals surface area contributed by atoms with Crippen LogP contribution in [0.3, 0.4) is 0 Å². The monoisotopic (exact) mass is 220 g/mol. The van der Waals surface area contributed by atoms with Crippen LogP contribution in [0.15, 0.2) is 18.3 Å². The number of hydrogen-bond acceptors (Lipinski definition) is 2. The fraction of sp³-hybridized carbons (Fsp3) is 0.538. The highest BCUT2D eigenvalue weighted by Gasteiger charge is 2.16. The SMILES string of the molecule is CCC(C)(C)Cc1ccc(CC(N)=O)cn1. The van der Waals surface area contributed by atoms with Gasteiger partial charge in [0.1, 0.15) is 0 Å². The Morgan fingerprint density at radius 2 is 2.12 bits per heavy atom. The third-order valence-corrected chi connectivity index (χ3v) is 2.88. The van der Waals surface area contributed by atoms with E-state index in [0.717, 1.165) is 24.1 Å². The van der Waals surface area contributed by atoms with Crippen molar-refractivity contribution in [2.45, 2.75) is 40.0 Å². The van der Waals surface area contributed by atoms with Gasteiger partial charge in [-0.15, -0.1) is 0 Å². The molecule has 3 heteroatoms. The Balaban J connectivity index is 2.68. The van der Waals surface area contributed by atoms with Crippen molar-refractivity contribution in [3.05, 3.63) is 29.6 Å². The van der Waals surface area contributed by atoms with Gasteiger partial charge in [0.25, 0.3) is 0 Å². The summed E-state index contributed by atoms with van der Waals surface area (Å²) in [4.78, 5) is 15.1. The Morgan fingerprint density at radius 1 is 1.44 bits per heavy atom. The number of primary amides is 1. The molecule has 0 bridgehead atoms. The largest absolute Gasteiger partial charge is 0.369 e. The van der Waals surface area contributed by atoms with E-state index in [2.05, 4.69) is 25.8 Å². The van der Waals surface area contributed by atoms with E-state index in [1.807, 2.05) is 12.1 Å². The lowest BCUT2D eigenvalue weighted by molar-refractivity contribution is -0.117. The smallest absolute Gasteiger partial charge is 0.221 e. The molecule has 0 unspecified atom stereocenters. The Bertz CT molecular complexity index is 355. The maximum absolute atomic E-state index is 10.7. The van der Waals surface area contributed by atoms with Crippen molar-refractivity contribution in [3.63, 3.8) is 0 Å². The molecule has 0 fully saturated rings. The standard InChI is InChI=1S/C13H20N2O/c1-4-13(2,3)8-11-6-5-10(9-15-11)7-12(14)16/h5-6,9H,4,7-8H2,1-3H3,(H2,14,16). The normalized spacial score (nSPS) is 11.4. The molecule has 1 heterocycles. The lowest BCUT2D eigenvalue weighted by Gasteiger charge is -2.21. The van der Waals surface area contributed by atoms with E-state index in [4.69, 9.17) is 5.73 Å². The number of carbonyl (C=O) groups excluding carboxylic acids is 1. The molecular weight excluding hydrogens is 200 g/mol. The highest BCUT2D eigenvalue weighted by Crippen LogP contribution is 2.24. The van der Waals surface area contributed by atoms with Crippen LogP contribution < -0.4 is 5.73 Å². The first-order chi connectivity index (χ1) is 7.43. The van der Waals surface area contributed by atoms with E-state index in [9.17, 15) is 4.79 Å². The van der Waals surface area contributed by atoms with Crippen LogP contribution in [0.2, 0.25) is 0 Å². The minimum Gasteiger partial charge on any atom is -0.369 e. The van der Waals surface area contributed by atoms with E-state index in [0.29, 0.717) is 0 Å². The lowest BCUT2D eigenvalue weighted by Crippen LogP contribution is -2.15. The number of hydrogen-bond donors (Lipinski definition) is 1. The molecule has 0 radical (unpaired) electrons. The van der Waals surface area contributed by atoms with E-state index in [1.165, 1.54) is 0 Å². The second-order valence-electron chi connectivity index (χ2n) is 5.00. The Labute approximate surface area is 97.1 Å². The summed E-state index contributed by atoms with van der Waals surface area (Å²) >= 11 is 0. The van der Waals surface area contributed by atoms with Crippen molar-refractivity contribution in [1.29, 1.82) is 0 Å². The number of carbonyl (C=O) groups is 1. The minimum atomic E-state index is -0.316. The van der Waals surface area contributed by atoms with Gasteiger partial charge in [-0.1, -0.05) is 33.3 Å². The van der Waals surface area contributed by atoms with Gasteiger partial charge in [0.15, 0.2) is 0 Å². The molecule has 0 aliphatic carbocycles. The second-order valence-corrected chi connectivity index (χ2v) is 5.00. The summed E-state index contributed by atoms with van der Waals surface area (Å²) in [7, 11) is 0. The highest BCUT2D eigenvalue weighted by molar-refractivity contribution is 5.76.